The van der Waals surface area contributed by atoms with Crippen LogP contribution in [0.3, 0.4) is 0 Å². The molecule has 6 N–H and O–H groups in total. The van der Waals surface area contributed by atoms with E-state index in [4.69, 9.17) is 14.2 Å². The third-order valence-corrected chi connectivity index (χ3v) is 15.3. The molecule has 1 saturated heterocycles. The van der Waals surface area contributed by atoms with Crippen LogP contribution in [0.1, 0.15) is 297 Å². The molecule has 0 aromatic heterocycles. The molecule has 1 fully saturated rings. The van der Waals surface area contributed by atoms with E-state index in [9.17, 15) is 35.1 Å². The Hall–Kier alpha value is -2.38. The first-order valence-electron chi connectivity index (χ1n) is 32.4. The van der Waals surface area contributed by atoms with E-state index in [2.05, 4.69) is 38.2 Å². The Bertz CT molecular complexity index is 1440. The lowest BCUT2D eigenvalue weighted by Gasteiger charge is -2.41. The molecule has 8 unspecified atom stereocenters. The molecule has 77 heavy (non-hydrogen) atoms. The number of ether oxygens (including phenoxy) is 3. The zero-order valence-electron chi connectivity index (χ0n) is 49.8. The summed E-state index contributed by atoms with van der Waals surface area (Å²) in [5.41, 5.74) is 0. The van der Waals surface area contributed by atoms with Gasteiger partial charge in [0.25, 0.3) is 0 Å². The molecule has 0 aromatic carbocycles. The fourth-order valence-corrected chi connectivity index (χ4v) is 10.2. The van der Waals surface area contributed by atoms with Crippen molar-refractivity contribution in [1.82, 2.24) is 5.32 Å². The number of hydrogen-bond donors (Lipinski definition) is 6. The molecule has 1 aliphatic rings. The summed E-state index contributed by atoms with van der Waals surface area (Å²) in [5, 5.41) is 56.9. The largest absolute Gasteiger partial charge is 0.454 e. The molecular formula is C66H121NO10. The van der Waals surface area contributed by atoms with E-state index in [0.29, 0.717) is 12.8 Å². The lowest BCUT2D eigenvalue weighted by Crippen LogP contribution is -2.61. The number of amides is 1. The molecule has 11 heteroatoms. The van der Waals surface area contributed by atoms with Gasteiger partial charge in [0.1, 0.15) is 24.4 Å². The van der Waals surface area contributed by atoms with Crippen molar-refractivity contribution < 1.29 is 49.3 Å². The predicted octanol–water partition coefficient (Wildman–Crippen LogP) is 15.6. The molecular weight excluding hydrogens is 967 g/mol. The Labute approximate surface area is 472 Å². The van der Waals surface area contributed by atoms with Crippen LogP contribution in [-0.4, -0.2) is 99.6 Å². The summed E-state index contributed by atoms with van der Waals surface area (Å²) >= 11 is 0. The SMILES string of the molecule is CC/C=C/C=C/C=C\CCCCCCC(O)C(=O)NC(COC1OC(CO)C(O)C(O)C1OC(=O)CCCCCCCCCCCCCCCCCCCCCCCCCCC)C(O)/C=C/CCCCCCCCCCC. The summed E-state index contributed by atoms with van der Waals surface area (Å²) < 4.78 is 17.6. The quantitative estimate of drug-likeness (QED) is 0.0149. The molecule has 1 aliphatic heterocycles. The summed E-state index contributed by atoms with van der Waals surface area (Å²) in [6, 6.07) is -1.03. The van der Waals surface area contributed by atoms with Gasteiger partial charge in [-0.2, -0.15) is 0 Å². The smallest absolute Gasteiger partial charge is 0.306 e. The third kappa shape index (κ3) is 42.2. The van der Waals surface area contributed by atoms with Gasteiger partial charge in [0.05, 0.1) is 25.4 Å². The van der Waals surface area contributed by atoms with Crippen molar-refractivity contribution in [1.29, 1.82) is 0 Å². The van der Waals surface area contributed by atoms with Crippen molar-refractivity contribution in [2.75, 3.05) is 13.2 Å². The minimum absolute atomic E-state index is 0.125. The molecule has 1 rings (SSSR count). The van der Waals surface area contributed by atoms with Gasteiger partial charge in [-0.05, 0) is 44.9 Å². The van der Waals surface area contributed by atoms with Gasteiger partial charge in [0.2, 0.25) is 5.91 Å². The predicted molar refractivity (Wildman–Crippen MR) is 320 cm³/mol. The Morgan fingerprint density at radius 3 is 1.39 bits per heavy atom. The van der Waals surface area contributed by atoms with Crippen LogP contribution in [0.4, 0.5) is 0 Å². The van der Waals surface area contributed by atoms with Crippen molar-refractivity contribution >= 4 is 11.9 Å². The number of carbonyl (C=O) groups is 2. The molecule has 8 atom stereocenters. The van der Waals surface area contributed by atoms with Gasteiger partial charge in [-0.1, -0.05) is 294 Å². The number of aliphatic hydroxyl groups excluding tert-OH is 5. The van der Waals surface area contributed by atoms with E-state index in [1.54, 1.807) is 6.08 Å². The van der Waals surface area contributed by atoms with Crippen molar-refractivity contribution in [3.05, 3.63) is 48.6 Å². The first-order chi connectivity index (χ1) is 37.7. The van der Waals surface area contributed by atoms with Gasteiger partial charge in [-0.15, -0.1) is 0 Å². The molecule has 1 heterocycles. The van der Waals surface area contributed by atoms with E-state index in [0.717, 1.165) is 70.6 Å². The fraction of sp³-hybridized carbons (Fsp3) is 0.848. The lowest BCUT2D eigenvalue weighted by atomic mass is 9.99. The van der Waals surface area contributed by atoms with E-state index >= 15 is 0 Å². The molecule has 1 amide bonds. The maximum Gasteiger partial charge on any atom is 0.306 e. The highest BCUT2D eigenvalue weighted by molar-refractivity contribution is 5.80. The zero-order chi connectivity index (χ0) is 56.1. The number of rotatable bonds is 55. The second-order valence-corrected chi connectivity index (χ2v) is 22.5. The minimum Gasteiger partial charge on any atom is -0.454 e. The van der Waals surface area contributed by atoms with Crippen LogP contribution in [0, 0.1) is 0 Å². The van der Waals surface area contributed by atoms with E-state index in [-0.39, 0.29) is 19.4 Å². The highest BCUT2D eigenvalue weighted by Crippen LogP contribution is 2.26. The van der Waals surface area contributed by atoms with Crippen LogP contribution in [0.15, 0.2) is 48.6 Å². The second-order valence-electron chi connectivity index (χ2n) is 22.5. The maximum atomic E-state index is 13.4. The van der Waals surface area contributed by atoms with Crippen LogP contribution in [-0.2, 0) is 23.8 Å². The molecule has 0 aromatic rings. The molecule has 0 saturated carbocycles. The Balaban J connectivity index is 2.55. The highest BCUT2D eigenvalue weighted by atomic mass is 16.7. The highest BCUT2D eigenvalue weighted by Gasteiger charge is 2.47. The maximum absolute atomic E-state index is 13.4. The van der Waals surface area contributed by atoms with Crippen molar-refractivity contribution in [2.24, 2.45) is 0 Å². The van der Waals surface area contributed by atoms with Crippen molar-refractivity contribution in [3.63, 3.8) is 0 Å². The van der Waals surface area contributed by atoms with Crippen LogP contribution >= 0.6 is 0 Å². The van der Waals surface area contributed by atoms with E-state index in [1.165, 1.54) is 180 Å². The molecule has 450 valence electrons. The summed E-state index contributed by atoms with van der Waals surface area (Å²) in [6.45, 7) is 5.65. The van der Waals surface area contributed by atoms with Crippen LogP contribution in [0.5, 0.6) is 0 Å². The Morgan fingerprint density at radius 2 is 0.935 bits per heavy atom. The van der Waals surface area contributed by atoms with Crippen molar-refractivity contribution in [3.8, 4) is 0 Å². The second kappa shape index (κ2) is 54.2. The van der Waals surface area contributed by atoms with Gasteiger partial charge in [0.15, 0.2) is 12.4 Å². The summed E-state index contributed by atoms with van der Waals surface area (Å²) in [7, 11) is 0. The van der Waals surface area contributed by atoms with Crippen LogP contribution in [0.2, 0.25) is 0 Å². The number of allylic oxidation sites excluding steroid dienone is 7. The number of unbranched alkanes of at least 4 members (excludes halogenated alkanes) is 37. The monoisotopic (exact) mass is 1090 g/mol. The summed E-state index contributed by atoms with van der Waals surface area (Å²) in [4.78, 5) is 26.5. The molecule has 0 aliphatic carbocycles. The first-order valence-corrected chi connectivity index (χ1v) is 32.4. The van der Waals surface area contributed by atoms with E-state index in [1.807, 2.05) is 30.4 Å². The summed E-state index contributed by atoms with van der Waals surface area (Å²) in [5.74, 6) is -1.21. The van der Waals surface area contributed by atoms with Gasteiger partial charge >= 0.3 is 5.97 Å². The topological polar surface area (TPSA) is 175 Å². The number of hydrogen-bond acceptors (Lipinski definition) is 10. The van der Waals surface area contributed by atoms with E-state index < -0.39 is 67.4 Å². The standard InChI is InChI=1S/C66H121NO10/c1-4-7-10-13-16-19-22-24-25-26-27-28-29-30-31-32-33-34-35-36-39-42-45-48-51-54-61(71)77-64-63(73)62(72)60(55-68)76-66(64)75-56-57(58(69)52-49-46-43-40-37-21-18-15-12-9-6-3)67-65(74)59(70)53-50-47-44-41-38-23-20-17-14-11-8-5-2/h8,11,14,17,20,23,49,52,57-60,62-64,66,68-70,72-73H,4-7,9-10,12-13,15-16,18-19,21-22,24-48,50-51,53-56H2,1-3H3,(H,67,74)/b11-8+,17-14+,23-20-,52-49+. The first kappa shape index (κ1) is 72.6. The molecule has 11 nitrogen and oxygen atoms in total. The van der Waals surface area contributed by atoms with Gasteiger partial charge in [-0.3, -0.25) is 9.59 Å². The van der Waals surface area contributed by atoms with Crippen LogP contribution in [0.25, 0.3) is 0 Å². The third-order valence-electron chi connectivity index (χ3n) is 15.3. The average Bonchev–Trinajstić information content (AvgIpc) is 3.43. The Morgan fingerprint density at radius 1 is 0.519 bits per heavy atom. The van der Waals surface area contributed by atoms with Crippen molar-refractivity contribution in [2.45, 2.75) is 346 Å². The molecule has 0 spiro atoms. The average molecular weight is 1090 g/mol. The lowest BCUT2D eigenvalue weighted by molar-refractivity contribution is -0.305. The Kier molecular flexibility index (Phi) is 51.1. The summed E-state index contributed by atoms with van der Waals surface area (Å²) in [6.07, 6.45) is 56.1. The fourth-order valence-electron chi connectivity index (χ4n) is 10.2. The number of nitrogens with one attached hydrogen (secondary N) is 1. The molecule has 0 radical (unpaired) electrons. The van der Waals surface area contributed by atoms with Gasteiger partial charge in [0, 0.05) is 6.42 Å². The zero-order valence-corrected chi connectivity index (χ0v) is 49.8. The number of carbonyl (C=O) groups excluding carboxylic acids is 2. The molecule has 0 bridgehead atoms. The number of esters is 1. The normalized spacial score (nSPS) is 19.3. The van der Waals surface area contributed by atoms with Gasteiger partial charge < -0.3 is 45.1 Å². The van der Waals surface area contributed by atoms with Gasteiger partial charge in [-0.25, -0.2) is 0 Å². The number of aliphatic hydroxyl groups is 5. The minimum atomic E-state index is -1.62. The van der Waals surface area contributed by atoms with Crippen LogP contribution < -0.4 is 5.32 Å².